The third-order valence-electron chi connectivity index (χ3n) is 2.14. The van der Waals surface area contributed by atoms with E-state index in [0.29, 0.717) is 9.80 Å². The summed E-state index contributed by atoms with van der Waals surface area (Å²) in [5.74, 6) is -3.04. The number of amides is 2. The molecule has 0 aliphatic rings. The lowest BCUT2D eigenvalue weighted by Crippen LogP contribution is -2.52. The normalized spacial score (nSPS) is 11.3. The molecule has 0 saturated carbocycles. The van der Waals surface area contributed by atoms with Crippen molar-refractivity contribution in [3.05, 3.63) is 0 Å². The van der Waals surface area contributed by atoms with E-state index in [2.05, 4.69) is 0 Å². The SMILES string of the molecule is CC(C)N(CC(F)(F)F)C(=O)N(CC(=O)O)CC(=O)O. The van der Waals surface area contributed by atoms with Crippen molar-refractivity contribution < 1.29 is 37.8 Å². The molecular formula is C10H15F3N2O5. The highest BCUT2D eigenvalue weighted by Crippen LogP contribution is 2.19. The molecule has 0 bridgehead atoms. The molecular weight excluding hydrogens is 285 g/mol. The minimum Gasteiger partial charge on any atom is -0.480 e. The van der Waals surface area contributed by atoms with Crippen LogP contribution in [0, 0.1) is 0 Å². The third-order valence-corrected chi connectivity index (χ3v) is 2.14. The first-order chi connectivity index (χ1) is 8.94. The standard InChI is InChI=1S/C10H15F3N2O5/c1-6(2)15(5-10(11,12)13)9(20)14(3-7(16)17)4-8(18)19/h6H,3-5H2,1-2H3,(H,16,17)(H,18,19). The number of carboxylic acids is 2. The molecule has 0 aromatic rings. The van der Waals surface area contributed by atoms with Gasteiger partial charge < -0.3 is 20.0 Å². The Morgan fingerprint density at radius 2 is 1.45 bits per heavy atom. The van der Waals surface area contributed by atoms with E-state index >= 15 is 0 Å². The summed E-state index contributed by atoms with van der Waals surface area (Å²) in [5, 5.41) is 17.1. The molecule has 0 unspecified atom stereocenters. The number of urea groups is 1. The Bertz CT molecular complexity index is 368. The van der Waals surface area contributed by atoms with E-state index < -0.39 is 49.8 Å². The molecule has 0 atom stereocenters. The summed E-state index contributed by atoms with van der Waals surface area (Å²) in [7, 11) is 0. The van der Waals surface area contributed by atoms with Crippen LogP contribution in [0.3, 0.4) is 0 Å². The topological polar surface area (TPSA) is 98.2 Å². The summed E-state index contributed by atoms with van der Waals surface area (Å²) in [4.78, 5) is 33.6. The summed E-state index contributed by atoms with van der Waals surface area (Å²) in [6.45, 7) is -0.954. The number of hydrogen-bond donors (Lipinski definition) is 2. The van der Waals surface area contributed by atoms with E-state index in [0.717, 1.165) is 0 Å². The summed E-state index contributed by atoms with van der Waals surface area (Å²) < 4.78 is 37.1. The molecule has 0 aromatic carbocycles. The molecule has 2 N–H and O–H groups in total. The van der Waals surface area contributed by atoms with Gasteiger partial charge in [0.1, 0.15) is 19.6 Å². The molecule has 0 rings (SSSR count). The van der Waals surface area contributed by atoms with E-state index in [-0.39, 0.29) is 0 Å². The van der Waals surface area contributed by atoms with Gasteiger partial charge in [-0.25, -0.2) is 4.79 Å². The van der Waals surface area contributed by atoms with Crippen molar-refractivity contribution in [3.8, 4) is 0 Å². The average Bonchev–Trinajstić information content (AvgIpc) is 2.21. The predicted molar refractivity (Wildman–Crippen MR) is 60.1 cm³/mol. The van der Waals surface area contributed by atoms with Crippen LogP contribution in [0.25, 0.3) is 0 Å². The van der Waals surface area contributed by atoms with Gasteiger partial charge in [0.15, 0.2) is 0 Å². The number of carbonyl (C=O) groups excluding carboxylic acids is 1. The molecule has 20 heavy (non-hydrogen) atoms. The van der Waals surface area contributed by atoms with Gasteiger partial charge in [-0.15, -0.1) is 0 Å². The predicted octanol–water partition coefficient (Wildman–Crippen LogP) is 0.850. The number of aliphatic carboxylic acids is 2. The minimum absolute atomic E-state index is 0.330. The fourth-order valence-corrected chi connectivity index (χ4v) is 1.36. The molecule has 0 radical (unpaired) electrons. The van der Waals surface area contributed by atoms with Gasteiger partial charge in [-0.05, 0) is 13.8 Å². The second-order valence-electron chi connectivity index (χ2n) is 4.26. The van der Waals surface area contributed by atoms with Crippen molar-refractivity contribution in [1.82, 2.24) is 9.80 Å². The number of nitrogens with zero attached hydrogens (tertiary/aromatic N) is 2. The van der Waals surface area contributed by atoms with E-state index in [1.807, 2.05) is 0 Å². The van der Waals surface area contributed by atoms with E-state index in [4.69, 9.17) is 10.2 Å². The first-order valence-electron chi connectivity index (χ1n) is 5.50. The van der Waals surface area contributed by atoms with Crippen LogP contribution in [-0.2, 0) is 9.59 Å². The van der Waals surface area contributed by atoms with Crippen LogP contribution >= 0.6 is 0 Å². The van der Waals surface area contributed by atoms with Gasteiger partial charge in [0.25, 0.3) is 0 Å². The smallest absolute Gasteiger partial charge is 0.406 e. The van der Waals surface area contributed by atoms with Gasteiger partial charge in [-0.2, -0.15) is 13.2 Å². The monoisotopic (exact) mass is 300 g/mol. The Morgan fingerprint density at radius 1 is 1.05 bits per heavy atom. The quantitative estimate of drug-likeness (QED) is 0.758. The van der Waals surface area contributed by atoms with Crippen molar-refractivity contribution >= 4 is 18.0 Å². The highest BCUT2D eigenvalue weighted by Gasteiger charge is 2.36. The maximum absolute atomic E-state index is 12.4. The Balaban J connectivity index is 5.14. The first kappa shape index (κ1) is 18.0. The molecule has 0 fully saturated rings. The summed E-state index contributed by atoms with van der Waals surface area (Å²) in [6.07, 6.45) is -4.67. The zero-order chi connectivity index (χ0) is 16.1. The molecule has 0 heterocycles. The van der Waals surface area contributed by atoms with Crippen LogP contribution in [0.15, 0.2) is 0 Å². The van der Waals surface area contributed by atoms with E-state index in [1.54, 1.807) is 0 Å². The molecule has 0 saturated heterocycles. The second-order valence-corrected chi connectivity index (χ2v) is 4.26. The Morgan fingerprint density at radius 3 is 1.70 bits per heavy atom. The molecule has 7 nitrogen and oxygen atoms in total. The van der Waals surface area contributed by atoms with Crippen molar-refractivity contribution in [2.24, 2.45) is 0 Å². The van der Waals surface area contributed by atoms with Gasteiger partial charge in [0.2, 0.25) is 0 Å². The zero-order valence-electron chi connectivity index (χ0n) is 10.8. The lowest BCUT2D eigenvalue weighted by atomic mass is 10.3. The van der Waals surface area contributed by atoms with Crippen LogP contribution in [-0.4, -0.2) is 69.8 Å². The minimum atomic E-state index is -4.67. The maximum atomic E-state index is 12.4. The number of alkyl halides is 3. The van der Waals surface area contributed by atoms with Crippen molar-refractivity contribution in [1.29, 1.82) is 0 Å². The summed E-state index contributed by atoms with van der Waals surface area (Å²) in [6, 6.07) is -2.16. The third kappa shape index (κ3) is 6.81. The number of carbonyl (C=O) groups is 3. The van der Waals surface area contributed by atoms with Crippen LogP contribution in [0.2, 0.25) is 0 Å². The van der Waals surface area contributed by atoms with Crippen LogP contribution < -0.4 is 0 Å². The molecule has 0 spiro atoms. The van der Waals surface area contributed by atoms with E-state index in [9.17, 15) is 27.6 Å². The highest BCUT2D eigenvalue weighted by atomic mass is 19.4. The highest BCUT2D eigenvalue weighted by molar-refractivity contribution is 5.84. The van der Waals surface area contributed by atoms with Gasteiger partial charge >= 0.3 is 24.1 Å². The van der Waals surface area contributed by atoms with Gasteiger partial charge in [0, 0.05) is 6.04 Å². The Labute approximate surface area is 112 Å². The largest absolute Gasteiger partial charge is 0.480 e. The van der Waals surface area contributed by atoms with Gasteiger partial charge in [-0.3, -0.25) is 9.59 Å². The zero-order valence-corrected chi connectivity index (χ0v) is 10.8. The average molecular weight is 300 g/mol. The fraction of sp³-hybridized carbons (Fsp3) is 0.700. The summed E-state index contributed by atoms with van der Waals surface area (Å²) in [5.41, 5.74) is 0. The van der Waals surface area contributed by atoms with Crippen molar-refractivity contribution in [2.45, 2.75) is 26.1 Å². The fourth-order valence-electron chi connectivity index (χ4n) is 1.36. The van der Waals surface area contributed by atoms with Gasteiger partial charge in [-0.1, -0.05) is 0 Å². The van der Waals surface area contributed by atoms with Crippen LogP contribution in [0.5, 0.6) is 0 Å². The molecule has 0 aliphatic heterocycles. The van der Waals surface area contributed by atoms with Crippen molar-refractivity contribution in [2.75, 3.05) is 19.6 Å². The molecule has 0 aromatic heterocycles. The second kappa shape index (κ2) is 6.96. The Hall–Kier alpha value is -2.00. The lowest BCUT2D eigenvalue weighted by molar-refractivity contribution is -0.145. The number of carboxylic acid groups (broad SMARTS) is 2. The molecule has 10 heteroatoms. The molecule has 0 aliphatic carbocycles. The number of hydrogen-bond acceptors (Lipinski definition) is 3. The lowest BCUT2D eigenvalue weighted by Gasteiger charge is -2.32. The number of rotatable bonds is 6. The molecule has 116 valence electrons. The van der Waals surface area contributed by atoms with Crippen LogP contribution in [0.4, 0.5) is 18.0 Å². The van der Waals surface area contributed by atoms with Crippen LogP contribution in [0.1, 0.15) is 13.8 Å². The number of halogens is 3. The first-order valence-corrected chi connectivity index (χ1v) is 5.50. The Kier molecular flexibility index (Phi) is 6.27. The van der Waals surface area contributed by atoms with E-state index in [1.165, 1.54) is 13.8 Å². The summed E-state index contributed by atoms with van der Waals surface area (Å²) >= 11 is 0. The van der Waals surface area contributed by atoms with Crippen molar-refractivity contribution in [3.63, 3.8) is 0 Å². The molecule has 2 amide bonds. The van der Waals surface area contributed by atoms with Gasteiger partial charge in [0.05, 0.1) is 0 Å². The maximum Gasteiger partial charge on any atom is 0.406 e.